The molecule has 0 bridgehead atoms. The lowest BCUT2D eigenvalue weighted by atomic mass is 9.70. The van der Waals surface area contributed by atoms with Crippen molar-refractivity contribution in [2.75, 3.05) is 0 Å². The van der Waals surface area contributed by atoms with Crippen molar-refractivity contribution < 1.29 is 0 Å². The van der Waals surface area contributed by atoms with Gasteiger partial charge in [0.05, 0.1) is 16.8 Å². The number of fused-ring (bicyclic) bond motifs is 13. The Morgan fingerprint density at radius 3 is 1.34 bits per heavy atom. The number of hydrogen-bond acceptors (Lipinski definition) is 2. The van der Waals surface area contributed by atoms with Crippen LogP contribution in [0.15, 0.2) is 170 Å². The zero-order valence-electron chi connectivity index (χ0n) is 35.6. The van der Waals surface area contributed by atoms with Gasteiger partial charge in [-0.3, -0.25) is 0 Å². The number of rotatable bonds is 3. The Bertz CT molecular complexity index is 3170. The average molecular weight is 783 g/mol. The van der Waals surface area contributed by atoms with Crippen LogP contribution < -0.4 is 0 Å². The van der Waals surface area contributed by atoms with Gasteiger partial charge in [0.25, 0.3) is 0 Å². The first-order valence-electron chi connectivity index (χ1n) is 21.7. The number of benzene rings is 8. The monoisotopic (exact) mass is 782 g/mol. The molecule has 0 radical (unpaired) electrons. The fourth-order valence-corrected chi connectivity index (χ4v) is 10.9. The third-order valence-electron chi connectivity index (χ3n) is 13.8. The van der Waals surface area contributed by atoms with Gasteiger partial charge in [-0.25, -0.2) is 9.97 Å². The van der Waals surface area contributed by atoms with Crippen LogP contribution in [-0.4, -0.2) is 9.97 Å². The van der Waals surface area contributed by atoms with Crippen molar-refractivity contribution >= 4 is 10.8 Å². The van der Waals surface area contributed by atoms with Gasteiger partial charge in [-0.15, -0.1) is 0 Å². The number of nitrogens with zero attached hydrogens (tertiary/aromatic N) is 2. The van der Waals surface area contributed by atoms with Crippen molar-refractivity contribution in [2.45, 2.75) is 57.8 Å². The van der Waals surface area contributed by atoms with Gasteiger partial charge in [0.15, 0.2) is 5.82 Å². The SMILES string of the molecule is CC(C)(C)c1ccc(-c2cc(-c3ccc(C(C)(C)C)cc3)nc(-c3c4c(cc5c3-c3ccccc3C53c5ccccc5-c5ccccc53)-c3cccc5cccc-4c35)n2)cc1. The van der Waals surface area contributed by atoms with E-state index in [0.29, 0.717) is 0 Å². The molecule has 0 N–H and O–H groups in total. The lowest BCUT2D eigenvalue weighted by Gasteiger charge is -2.31. The van der Waals surface area contributed by atoms with E-state index in [2.05, 4.69) is 211 Å². The minimum absolute atomic E-state index is 0.0390. The van der Waals surface area contributed by atoms with Crippen LogP contribution in [0, 0.1) is 0 Å². The van der Waals surface area contributed by atoms with Crippen LogP contribution in [0.25, 0.3) is 89.2 Å². The Balaban J connectivity index is 1.23. The van der Waals surface area contributed by atoms with Crippen molar-refractivity contribution in [3.8, 4) is 78.4 Å². The van der Waals surface area contributed by atoms with E-state index in [9.17, 15) is 0 Å². The van der Waals surface area contributed by atoms with Crippen molar-refractivity contribution in [2.24, 2.45) is 0 Å². The number of hydrogen-bond donors (Lipinski definition) is 0. The molecule has 61 heavy (non-hydrogen) atoms. The fraction of sp³-hybridized carbons (Fsp3) is 0.153. The molecule has 0 saturated heterocycles. The summed E-state index contributed by atoms with van der Waals surface area (Å²) in [6.45, 7) is 13.6. The number of aromatic nitrogens is 2. The van der Waals surface area contributed by atoms with Gasteiger partial charge in [-0.05, 0) is 106 Å². The Morgan fingerprint density at radius 1 is 0.361 bits per heavy atom. The molecule has 2 heteroatoms. The van der Waals surface area contributed by atoms with Crippen molar-refractivity contribution in [1.29, 1.82) is 0 Å². The van der Waals surface area contributed by atoms with Gasteiger partial charge in [-0.2, -0.15) is 0 Å². The van der Waals surface area contributed by atoms with E-state index < -0.39 is 5.41 Å². The fourth-order valence-electron chi connectivity index (χ4n) is 10.9. The second-order valence-corrected chi connectivity index (χ2v) is 19.3. The molecule has 292 valence electrons. The van der Waals surface area contributed by atoms with E-state index in [1.165, 1.54) is 88.7 Å². The van der Waals surface area contributed by atoms with Crippen LogP contribution in [0.3, 0.4) is 0 Å². The highest BCUT2D eigenvalue weighted by Gasteiger charge is 2.53. The lowest BCUT2D eigenvalue weighted by Crippen LogP contribution is -2.26. The highest BCUT2D eigenvalue weighted by atomic mass is 14.9. The highest BCUT2D eigenvalue weighted by molar-refractivity contribution is 6.21. The first-order valence-corrected chi connectivity index (χ1v) is 21.7. The molecule has 1 heterocycles. The summed E-state index contributed by atoms with van der Waals surface area (Å²) in [6, 6.07) is 63.6. The summed E-state index contributed by atoms with van der Waals surface area (Å²) in [6.07, 6.45) is 0. The standard InChI is InChI=1S/C59H46N2/c1-57(2,3)38-29-25-35(26-30-38)50-34-51(36-27-31-39(32-28-36)58(4,5)6)61-56(60-50)55-53-44-21-14-16-37-15-13-20-42(52(37)44)45(53)33-49-54(55)43-19-9-12-24-48(43)59(49)46-22-10-7-17-40(46)41-18-8-11-23-47(41)59/h7-34H,1-6H3. The van der Waals surface area contributed by atoms with Crippen LogP contribution in [-0.2, 0) is 16.2 Å². The molecule has 1 spiro atoms. The van der Waals surface area contributed by atoms with Crippen LogP contribution in [0.1, 0.15) is 74.9 Å². The van der Waals surface area contributed by atoms with Gasteiger partial charge in [-0.1, -0.05) is 199 Å². The molecule has 3 aliphatic rings. The average Bonchev–Trinajstić information content (AvgIpc) is 3.88. The lowest BCUT2D eigenvalue weighted by molar-refractivity contribution is 0.590. The summed E-state index contributed by atoms with van der Waals surface area (Å²) in [5.74, 6) is 0.747. The molecular weight excluding hydrogens is 737 g/mol. The van der Waals surface area contributed by atoms with E-state index in [1.807, 2.05) is 0 Å². The normalized spacial score (nSPS) is 13.9. The first kappa shape index (κ1) is 36.0. The maximum atomic E-state index is 5.70. The molecule has 1 aromatic heterocycles. The van der Waals surface area contributed by atoms with Gasteiger partial charge >= 0.3 is 0 Å². The van der Waals surface area contributed by atoms with Crippen LogP contribution >= 0.6 is 0 Å². The van der Waals surface area contributed by atoms with Crippen molar-refractivity contribution in [1.82, 2.24) is 9.97 Å². The summed E-state index contributed by atoms with van der Waals surface area (Å²) >= 11 is 0. The highest BCUT2D eigenvalue weighted by Crippen LogP contribution is 2.67. The molecule has 0 fully saturated rings. The topological polar surface area (TPSA) is 25.8 Å². The largest absolute Gasteiger partial charge is 0.228 e. The Morgan fingerprint density at radius 2 is 0.820 bits per heavy atom. The molecule has 0 amide bonds. The van der Waals surface area contributed by atoms with E-state index in [4.69, 9.17) is 9.97 Å². The molecule has 8 aromatic carbocycles. The van der Waals surface area contributed by atoms with Crippen molar-refractivity contribution in [3.63, 3.8) is 0 Å². The summed E-state index contributed by atoms with van der Waals surface area (Å²) in [5.41, 5.74) is 22.5. The predicted octanol–water partition coefficient (Wildman–Crippen LogP) is 15.2. The third kappa shape index (κ3) is 5.03. The maximum Gasteiger partial charge on any atom is 0.161 e. The maximum absolute atomic E-state index is 5.70. The summed E-state index contributed by atoms with van der Waals surface area (Å²) in [7, 11) is 0. The van der Waals surface area contributed by atoms with Gasteiger partial charge in [0.2, 0.25) is 0 Å². The summed E-state index contributed by atoms with van der Waals surface area (Å²) in [5, 5.41) is 2.55. The zero-order chi connectivity index (χ0) is 41.4. The minimum atomic E-state index is -0.516. The van der Waals surface area contributed by atoms with E-state index in [1.54, 1.807) is 0 Å². The van der Waals surface area contributed by atoms with Crippen LogP contribution in [0.2, 0.25) is 0 Å². The minimum Gasteiger partial charge on any atom is -0.228 e. The Labute approximate surface area is 358 Å². The molecule has 0 saturated carbocycles. The van der Waals surface area contributed by atoms with Crippen LogP contribution in [0.4, 0.5) is 0 Å². The van der Waals surface area contributed by atoms with Crippen LogP contribution in [0.5, 0.6) is 0 Å². The zero-order valence-corrected chi connectivity index (χ0v) is 35.6. The first-order chi connectivity index (χ1) is 29.5. The molecule has 2 nitrogen and oxygen atoms in total. The van der Waals surface area contributed by atoms with Gasteiger partial charge in [0.1, 0.15) is 0 Å². The third-order valence-corrected chi connectivity index (χ3v) is 13.8. The molecule has 3 aliphatic carbocycles. The molecule has 0 aliphatic heterocycles. The second kappa shape index (κ2) is 12.6. The second-order valence-electron chi connectivity index (χ2n) is 19.3. The summed E-state index contributed by atoms with van der Waals surface area (Å²) < 4.78 is 0. The molecule has 12 rings (SSSR count). The molecule has 9 aromatic rings. The molecular formula is C59H46N2. The Kier molecular flexibility index (Phi) is 7.41. The quantitative estimate of drug-likeness (QED) is 0.178. The molecule has 0 unspecified atom stereocenters. The van der Waals surface area contributed by atoms with Gasteiger partial charge in [0, 0.05) is 22.3 Å². The molecule has 0 atom stereocenters. The summed E-state index contributed by atoms with van der Waals surface area (Å²) in [4.78, 5) is 11.4. The van der Waals surface area contributed by atoms with Gasteiger partial charge < -0.3 is 0 Å². The smallest absolute Gasteiger partial charge is 0.161 e. The Hall–Kier alpha value is -6.90. The van der Waals surface area contributed by atoms with Crippen molar-refractivity contribution in [3.05, 3.63) is 203 Å². The predicted molar refractivity (Wildman–Crippen MR) is 254 cm³/mol. The van der Waals surface area contributed by atoms with E-state index >= 15 is 0 Å². The van der Waals surface area contributed by atoms with E-state index in [-0.39, 0.29) is 10.8 Å². The van der Waals surface area contributed by atoms with E-state index in [0.717, 1.165) is 33.9 Å².